The van der Waals surface area contributed by atoms with Crippen LogP contribution in [0.2, 0.25) is 5.22 Å². The largest absolute Gasteiger partial charge is 0.449 e. The van der Waals surface area contributed by atoms with E-state index in [-0.39, 0.29) is 0 Å². The van der Waals surface area contributed by atoms with Gasteiger partial charge in [-0.25, -0.2) is 0 Å². The van der Waals surface area contributed by atoms with Crippen LogP contribution in [0.25, 0.3) is 0 Å². The quantitative estimate of drug-likeness (QED) is 0.786. The van der Waals surface area contributed by atoms with Gasteiger partial charge in [-0.05, 0) is 42.5 Å². The molecule has 0 aliphatic heterocycles. The molecule has 2 nitrogen and oxygen atoms in total. The summed E-state index contributed by atoms with van der Waals surface area (Å²) in [5.41, 5.74) is 5.65. The SMILES string of the molecule is NCC(c1ccc(Cl)o1)C1CC1. The predicted octanol–water partition coefficient (Wildman–Crippen LogP) is 2.39. The fourth-order valence-electron chi connectivity index (χ4n) is 1.57. The van der Waals surface area contributed by atoms with E-state index in [2.05, 4.69) is 0 Å². The standard InChI is InChI=1S/C9H12ClNO/c10-9-4-3-8(12-9)7(5-11)6-1-2-6/h3-4,6-7H,1-2,5,11H2. The van der Waals surface area contributed by atoms with Crippen LogP contribution in [0.3, 0.4) is 0 Å². The summed E-state index contributed by atoms with van der Waals surface area (Å²) in [6.45, 7) is 0.661. The Kier molecular flexibility index (Phi) is 2.11. The molecule has 2 rings (SSSR count). The molecule has 3 heteroatoms. The molecule has 1 fully saturated rings. The van der Waals surface area contributed by atoms with E-state index in [0.29, 0.717) is 17.7 Å². The van der Waals surface area contributed by atoms with Gasteiger partial charge in [-0.15, -0.1) is 0 Å². The summed E-state index contributed by atoms with van der Waals surface area (Å²) in [5.74, 6) is 2.07. The van der Waals surface area contributed by atoms with E-state index in [9.17, 15) is 0 Å². The smallest absolute Gasteiger partial charge is 0.193 e. The Bertz CT molecular complexity index is 267. The fourth-order valence-corrected chi connectivity index (χ4v) is 1.72. The number of nitrogens with two attached hydrogens (primary N) is 1. The van der Waals surface area contributed by atoms with Crippen molar-refractivity contribution in [1.82, 2.24) is 0 Å². The van der Waals surface area contributed by atoms with Crippen molar-refractivity contribution in [3.8, 4) is 0 Å². The van der Waals surface area contributed by atoms with Crippen LogP contribution in [0, 0.1) is 5.92 Å². The molecule has 0 aromatic carbocycles. The lowest BCUT2D eigenvalue weighted by atomic mass is 10.0. The summed E-state index contributed by atoms with van der Waals surface area (Å²) in [5, 5.41) is 0.462. The molecule has 1 saturated carbocycles. The van der Waals surface area contributed by atoms with Gasteiger partial charge in [0, 0.05) is 12.5 Å². The van der Waals surface area contributed by atoms with Crippen LogP contribution >= 0.6 is 11.6 Å². The van der Waals surface area contributed by atoms with Crippen LogP contribution in [-0.2, 0) is 0 Å². The zero-order valence-corrected chi connectivity index (χ0v) is 7.55. The maximum Gasteiger partial charge on any atom is 0.193 e. The second kappa shape index (κ2) is 3.11. The highest BCUT2D eigenvalue weighted by Gasteiger charge is 2.33. The first-order chi connectivity index (χ1) is 5.81. The Labute approximate surface area is 76.7 Å². The van der Waals surface area contributed by atoms with Crippen molar-refractivity contribution in [2.45, 2.75) is 18.8 Å². The number of rotatable bonds is 3. The molecule has 0 spiro atoms. The Balaban J connectivity index is 2.15. The van der Waals surface area contributed by atoms with Gasteiger partial charge >= 0.3 is 0 Å². The Morgan fingerprint density at radius 2 is 2.33 bits per heavy atom. The minimum absolute atomic E-state index is 0.387. The van der Waals surface area contributed by atoms with Crippen LogP contribution in [0.1, 0.15) is 24.5 Å². The number of halogens is 1. The molecule has 2 N–H and O–H groups in total. The van der Waals surface area contributed by atoms with Gasteiger partial charge in [0.05, 0.1) is 0 Å². The highest BCUT2D eigenvalue weighted by atomic mass is 35.5. The highest BCUT2D eigenvalue weighted by Crippen LogP contribution is 2.42. The molecule has 12 heavy (non-hydrogen) atoms. The Morgan fingerprint density at radius 1 is 1.58 bits per heavy atom. The normalized spacial score (nSPS) is 19.5. The van der Waals surface area contributed by atoms with Gasteiger partial charge < -0.3 is 10.2 Å². The molecule has 1 aliphatic carbocycles. The molecule has 1 unspecified atom stereocenters. The van der Waals surface area contributed by atoms with Crippen molar-refractivity contribution in [3.05, 3.63) is 23.1 Å². The molecule has 0 amide bonds. The van der Waals surface area contributed by atoms with E-state index < -0.39 is 0 Å². The topological polar surface area (TPSA) is 39.2 Å². The summed E-state index contributed by atoms with van der Waals surface area (Å²) in [4.78, 5) is 0. The van der Waals surface area contributed by atoms with Gasteiger partial charge in [0.15, 0.2) is 5.22 Å². The summed E-state index contributed by atoms with van der Waals surface area (Å²) in [7, 11) is 0. The number of hydrogen-bond acceptors (Lipinski definition) is 2. The van der Waals surface area contributed by atoms with Crippen LogP contribution in [0.4, 0.5) is 0 Å². The van der Waals surface area contributed by atoms with Crippen molar-refractivity contribution < 1.29 is 4.42 Å². The average Bonchev–Trinajstić information content (AvgIpc) is 2.78. The highest BCUT2D eigenvalue weighted by molar-refractivity contribution is 6.28. The first-order valence-electron chi connectivity index (χ1n) is 4.26. The van der Waals surface area contributed by atoms with Crippen molar-refractivity contribution in [1.29, 1.82) is 0 Å². The zero-order chi connectivity index (χ0) is 8.55. The van der Waals surface area contributed by atoms with Crippen molar-refractivity contribution in [2.24, 2.45) is 11.7 Å². The molecular formula is C9H12ClNO. The molecular weight excluding hydrogens is 174 g/mol. The summed E-state index contributed by atoms with van der Waals surface area (Å²) >= 11 is 5.68. The monoisotopic (exact) mass is 185 g/mol. The van der Waals surface area contributed by atoms with E-state index in [1.54, 1.807) is 6.07 Å². The zero-order valence-electron chi connectivity index (χ0n) is 6.79. The number of furan rings is 1. The molecule has 0 bridgehead atoms. The molecule has 1 aliphatic rings. The van der Waals surface area contributed by atoms with Crippen LogP contribution < -0.4 is 5.73 Å². The fraction of sp³-hybridized carbons (Fsp3) is 0.556. The van der Waals surface area contributed by atoms with E-state index in [1.165, 1.54) is 12.8 Å². The first-order valence-corrected chi connectivity index (χ1v) is 4.64. The lowest BCUT2D eigenvalue weighted by molar-refractivity contribution is 0.441. The van der Waals surface area contributed by atoms with Gasteiger partial charge in [-0.2, -0.15) is 0 Å². The summed E-state index contributed by atoms with van der Waals surface area (Å²) < 4.78 is 5.32. The second-order valence-electron chi connectivity index (χ2n) is 3.32. The third kappa shape index (κ3) is 1.50. The third-order valence-corrected chi connectivity index (χ3v) is 2.61. The van der Waals surface area contributed by atoms with Gasteiger partial charge in [-0.3, -0.25) is 0 Å². The van der Waals surface area contributed by atoms with Crippen molar-refractivity contribution >= 4 is 11.6 Å². The van der Waals surface area contributed by atoms with Gasteiger partial charge in [-0.1, -0.05) is 0 Å². The second-order valence-corrected chi connectivity index (χ2v) is 3.69. The van der Waals surface area contributed by atoms with Gasteiger partial charge in [0.2, 0.25) is 0 Å². The van der Waals surface area contributed by atoms with Crippen molar-refractivity contribution in [3.63, 3.8) is 0 Å². The predicted molar refractivity (Wildman–Crippen MR) is 48.2 cm³/mol. The van der Waals surface area contributed by atoms with E-state index in [0.717, 1.165) is 11.7 Å². The molecule has 0 radical (unpaired) electrons. The third-order valence-electron chi connectivity index (χ3n) is 2.40. The van der Waals surface area contributed by atoms with E-state index in [4.69, 9.17) is 21.8 Å². The van der Waals surface area contributed by atoms with Gasteiger partial charge in [0.1, 0.15) is 5.76 Å². The lowest BCUT2D eigenvalue weighted by Crippen LogP contribution is -2.13. The molecule has 1 aromatic rings. The molecule has 66 valence electrons. The lowest BCUT2D eigenvalue weighted by Gasteiger charge is -2.09. The van der Waals surface area contributed by atoms with E-state index in [1.807, 2.05) is 6.07 Å². The summed E-state index contributed by atoms with van der Waals surface area (Å²) in [6.07, 6.45) is 2.56. The Morgan fingerprint density at radius 3 is 2.75 bits per heavy atom. The minimum atomic E-state index is 0.387. The summed E-state index contributed by atoms with van der Waals surface area (Å²) in [6, 6.07) is 3.71. The average molecular weight is 186 g/mol. The van der Waals surface area contributed by atoms with Crippen LogP contribution in [0.15, 0.2) is 16.5 Å². The molecule has 1 atom stereocenters. The van der Waals surface area contributed by atoms with Crippen molar-refractivity contribution in [2.75, 3.05) is 6.54 Å². The molecule has 1 aromatic heterocycles. The molecule has 1 heterocycles. The minimum Gasteiger partial charge on any atom is -0.449 e. The van der Waals surface area contributed by atoms with E-state index >= 15 is 0 Å². The first kappa shape index (κ1) is 8.14. The maximum atomic E-state index is 5.68. The van der Waals surface area contributed by atoms with Gasteiger partial charge in [0.25, 0.3) is 0 Å². The maximum absolute atomic E-state index is 5.68. The molecule has 0 saturated heterocycles. The van der Waals surface area contributed by atoms with Crippen LogP contribution in [0.5, 0.6) is 0 Å². The van der Waals surface area contributed by atoms with Crippen LogP contribution in [-0.4, -0.2) is 6.54 Å². The Hall–Kier alpha value is -0.470. The number of hydrogen-bond donors (Lipinski definition) is 1.